The standard InChI is InChI=1S/C20H15N3O2/c1-13-6-7-19(25-13)18-12-16(15-4-2-3-5-17(15)23-18)20(24)22-14-8-10-21-11-9-14/h2-12H,1H3,(H,21,22,24). The monoisotopic (exact) mass is 329 g/mol. The molecule has 5 nitrogen and oxygen atoms in total. The van der Waals surface area contributed by atoms with Crippen LogP contribution in [0.3, 0.4) is 0 Å². The zero-order valence-electron chi connectivity index (χ0n) is 13.6. The third kappa shape index (κ3) is 2.99. The number of aryl methyl sites for hydroxylation is 1. The quantitative estimate of drug-likeness (QED) is 0.603. The molecule has 4 rings (SSSR count). The number of carbonyl (C=O) groups is 1. The van der Waals surface area contributed by atoms with Crippen LogP contribution in [0.1, 0.15) is 16.1 Å². The number of para-hydroxylation sites is 1. The predicted molar refractivity (Wildman–Crippen MR) is 96.4 cm³/mol. The number of nitrogens with one attached hydrogen (secondary N) is 1. The summed E-state index contributed by atoms with van der Waals surface area (Å²) in [5.41, 5.74) is 2.61. The van der Waals surface area contributed by atoms with Gasteiger partial charge in [0, 0.05) is 23.5 Å². The minimum Gasteiger partial charge on any atom is -0.460 e. The number of hydrogen-bond acceptors (Lipinski definition) is 4. The van der Waals surface area contributed by atoms with Gasteiger partial charge in [-0.15, -0.1) is 0 Å². The van der Waals surface area contributed by atoms with E-state index in [2.05, 4.69) is 15.3 Å². The molecule has 0 radical (unpaired) electrons. The van der Waals surface area contributed by atoms with Crippen molar-refractivity contribution in [2.24, 2.45) is 0 Å². The molecule has 0 unspecified atom stereocenters. The Bertz CT molecular complexity index is 1050. The molecule has 3 heterocycles. The molecule has 1 N–H and O–H groups in total. The highest BCUT2D eigenvalue weighted by Crippen LogP contribution is 2.26. The average molecular weight is 329 g/mol. The van der Waals surface area contributed by atoms with E-state index in [1.54, 1.807) is 30.6 Å². The third-order valence-electron chi connectivity index (χ3n) is 3.89. The number of furan rings is 1. The van der Waals surface area contributed by atoms with Crippen LogP contribution in [-0.4, -0.2) is 15.9 Å². The molecule has 3 aromatic heterocycles. The number of benzene rings is 1. The van der Waals surface area contributed by atoms with E-state index in [0.29, 0.717) is 22.7 Å². The van der Waals surface area contributed by atoms with Gasteiger partial charge in [0.2, 0.25) is 0 Å². The first-order chi connectivity index (χ1) is 12.2. The maximum absolute atomic E-state index is 12.8. The second kappa shape index (κ2) is 6.20. The lowest BCUT2D eigenvalue weighted by Crippen LogP contribution is -2.13. The van der Waals surface area contributed by atoms with E-state index < -0.39 is 0 Å². The van der Waals surface area contributed by atoms with Crippen molar-refractivity contribution in [1.82, 2.24) is 9.97 Å². The molecule has 0 aliphatic heterocycles. The summed E-state index contributed by atoms with van der Waals surface area (Å²) in [6.07, 6.45) is 3.27. The van der Waals surface area contributed by atoms with Crippen molar-refractivity contribution in [3.63, 3.8) is 0 Å². The van der Waals surface area contributed by atoms with E-state index >= 15 is 0 Å². The molecule has 0 aliphatic rings. The molecule has 122 valence electrons. The van der Waals surface area contributed by atoms with Crippen molar-refractivity contribution in [1.29, 1.82) is 0 Å². The number of aromatic nitrogens is 2. The molecule has 0 saturated carbocycles. The summed E-state index contributed by atoms with van der Waals surface area (Å²) in [4.78, 5) is 21.4. The fraction of sp³-hybridized carbons (Fsp3) is 0.0500. The molecule has 0 spiro atoms. The van der Waals surface area contributed by atoms with Gasteiger partial charge in [0.25, 0.3) is 5.91 Å². The summed E-state index contributed by atoms with van der Waals surface area (Å²) >= 11 is 0. The van der Waals surface area contributed by atoms with Crippen molar-refractivity contribution in [2.45, 2.75) is 6.92 Å². The van der Waals surface area contributed by atoms with E-state index in [4.69, 9.17) is 4.42 Å². The van der Waals surface area contributed by atoms with Crippen molar-refractivity contribution < 1.29 is 9.21 Å². The Morgan fingerprint density at radius 3 is 2.60 bits per heavy atom. The van der Waals surface area contributed by atoms with E-state index in [0.717, 1.165) is 16.7 Å². The molecule has 0 aliphatic carbocycles. The Labute approximate surface area is 144 Å². The van der Waals surface area contributed by atoms with Crippen molar-refractivity contribution in [3.8, 4) is 11.5 Å². The number of anilines is 1. The summed E-state index contributed by atoms with van der Waals surface area (Å²) in [5, 5.41) is 3.69. The Morgan fingerprint density at radius 1 is 1.04 bits per heavy atom. The lowest BCUT2D eigenvalue weighted by molar-refractivity contribution is 0.102. The molecule has 5 heteroatoms. The van der Waals surface area contributed by atoms with Crippen LogP contribution in [0.5, 0.6) is 0 Å². The van der Waals surface area contributed by atoms with E-state index in [9.17, 15) is 4.79 Å². The van der Waals surface area contributed by atoms with Crippen LogP contribution in [-0.2, 0) is 0 Å². The number of rotatable bonds is 3. The molecule has 0 atom stereocenters. The highest BCUT2D eigenvalue weighted by molar-refractivity contribution is 6.13. The number of nitrogens with zero attached hydrogens (tertiary/aromatic N) is 2. The summed E-state index contributed by atoms with van der Waals surface area (Å²) in [6.45, 7) is 1.88. The largest absolute Gasteiger partial charge is 0.460 e. The van der Waals surface area contributed by atoms with Crippen LogP contribution in [0.25, 0.3) is 22.4 Å². The van der Waals surface area contributed by atoms with E-state index in [-0.39, 0.29) is 5.91 Å². The first kappa shape index (κ1) is 15.1. The SMILES string of the molecule is Cc1ccc(-c2cc(C(=O)Nc3ccncc3)c3ccccc3n2)o1. The van der Waals surface area contributed by atoms with Gasteiger partial charge in [-0.2, -0.15) is 0 Å². The average Bonchev–Trinajstić information content (AvgIpc) is 3.08. The number of pyridine rings is 2. The molecule has 0 saturated heterocycles. The molecule has 0 bridgehead atoms. The Morgan fingerprint density at radius 2 is 1.84 bits per heavy atom. The normalized spacial score (nSPS) is 10.8. The van der Waals surface area contributed by atoms with Gasteiger partial charge in [-0.1, -0.05) is 18.2 Å². The van der Waals surface area contributed by atoms with Gasteiger partial charge in [-0.3, -0.25) is 9.78 Å². The molecular formula is C20H15N3O2. The lowest BCUT2D eigenvalue weighted by Gasteiger charge is -2.09. The third-order valence-corrected chi connectivity index (χ3v) is 3.89. The van der Waals surface area contributed by atoms with Gasteiger partial charge in [-0.25, -0.2) is 4.98 Å². The van der Waals surface area contributed by atoms with Gasteiger partial charge < -0.3 is 9.73 Å². The Kier molecular flexibility index (Phi) is 3.74. The summed E-state index contributed by atoms with van der Waals surface area (Å²) < 4.78 is 5.67. The van der Waals surface area contributed by atoms with E-state index in [1.807, 2.05) is 43.3 Å². The van der Waals surface area contributed by atoms with Crippen molar-refractivity contribution in [3.05, 3.63) is 78.3 Å². The van der Waals surface area contributed by atoms with Gasteiger partial charge in [0.05, 0.1) is 11.1 Å². The van der Waals surface area contributed by atoms with Crippen LogP contribution < -0.4 is 5.32 Å². The second-order valence-electron chi connectivity index (χ2n) is 5.67. The Hall–Kier alpha value is -3.47. The number of hydrogen-bond donors (Lipinski definition) is 1. The molecule has 1 aromatic carbocycles. The van der Waals surface area contributed by atoms with Crippen LogP contribution in [0.15, 0.2) is 71.4 Å². The fourth-order valence-corrected chi connectivity index (χ4v) is 2.70. The first-order valence-electron chi connectivity index (χ1n) is 7.89. The minimum atomic E-state index is -0.200. The van der Waals surface area contributed by atoms with Crippen molar-refractivity contribution in [2.75, 3.05) is 5.32 Å². The summed E-state index contributed by atoms with van der Waals surface area (Å²) in [7, 11) is 0. The fourth-order valence-electron chi connectivity index (χ4n) is 2.70. The molecule has 4 aromatic rings. The van der Waals surface area contributed by atoms with Crippen LogP contribution in [0.4, 0.5) is 5.69 Å². The number of amides is 1. The first-order valence-corrected chi connectivity index (χ1v) is 7.89. The Balaban J connectivity index is 1.82. The maximum atomic E-state index is 12.8. The van der Waals surface area contributed by atoms with Gasteiger partial charge in [-0.05, 0) is 43.3 Å². The number of fused-ring (bicyclic) bond motifs is 1. The maximum Gasteiger partial charge on any atom is 0.256 e. The lowest BCUT2D eigenvalue weighted by atomic mass is 10.1. The van der Waals surface area contributed by atoms with Crippen LogP contribution in [0, 0.1) is 6.92 Å². The van der Waals surface area contributed by atoms with Gasteiger partial charge in [0.1, 0.15) is 11.5 Å². The topological polar surface area (TPSA) is 68.0 Å². The molecule has 1 amide bonds. The minimum absolute atomic E-state index is 0.200. The smallest absolute Gasteiger partial charge is 0.256 e. The molecular weight excluding hydrogens is 314 g/mol. The predicted octanol–water partition coefficient (Wildman–Crippen LogP) is 4.45. The highest BCUT2D eigenvalue weighted by Gasteiger charge is 2.15. The van der Waals surface area contributed by atoms with Crippen LogP contribution in [0.2, 0.25) is 0 Å². The number of carbonyl (C=O) groups excluding carboxylic acids is 1. The highest BCUT2D eigenvalue weighted by atomic mass is 16.3. The summed E-state index contributed by atoms with van der Waals surface area (Å²) in [6, 6.07) is 16.6. The summed E-state index contributed by atoms with van der Waals surface area (Å²) in [5.74, 6) is 1.24. The molecule has 0 fully saturated rings. The van der Waals surface area contributed by atoms with Crippen LogP contribution >= 0.6 is 0 Å². The zero-order chi connectivity index (χ0) is 17.2. The van der Waals surface area contributed by atoms with Gasteiger partial charge in [0.15, 0.2) is 5.76 Å². The second-order valence-corrected chi connectivity index (χ2v) is 5.67. The molecule has 25 heavy (non-hydrogen) atoms. The zero-order valence-corrected chi connectivity index (χ0v) is 13.6. The van der Waals surface area contributed by atoms with Crippen molar-refractivity contribution >= 4 is 22.5 Å². The van der Waals surface area contributed by atoms with E-state index in [1.165, 1.54) is 0 Å². The van der Waals surface area contributed by atoms with Gasteiger partial charge >= 0.3 is 0 Å².